The Morgan fingerprint density at radius 1 is 1.00 bits per heavy atom. The van der Waals surface area contributed by atoms with Crippen LogP contribution in [-0.2, 0) is 11.3 Å². The van der Waals surface area contributed by atoms with Crippen LogP contribution in [-0.4, -0.2) is 38.4 Å². The number of para-hydroxylation sites is 1. The molecule has 0 aliphatic carbocycles. The smallest absolute Gasteiger partial charge is 0.233 e. The fourth-order valence-corrected chi connectivity index (χ4v) is 4.32. The third kappa shape index (κ3) is 4.84. The van der Waals surface area contributed by atoms with Gasteiger partial charge in [0.2, 0.25) is 5.91 Å². The van der Waals surface area contributed by atoms with E-state index in [9.17, 15) is 9.18 Å². The zero-order valence-corrected chi connectivity index (χ0v) is 18.9. The fraction of sp³-hybridized carbons (Fsp3) is 0.125. The van der Waals surface area contributed by atoms with Crippen molar-refractivity contribution >= 4 is 29.3 Å². The quantitative estimate of drug-likeness (QED) is 0.338. The number of carbonyl (C=O) groups excluding carboxylic acids is 1. The van der Waals surface area contributed by atoms with Crippen LogP contribution in [0.5, 0.6) is 0 Å². The van der Waals surface area contributed by atoms with Crippen LogP contribution in [0.15, 0.2) is 84.0 Å². The topological polar surface area (TPSA) is 51.0 Å². The predicted octanol–water partition coefficient (Wildman–Crippen LogP) is 5.48. The lowest BCUT2D eigenvalue weighted by atomic mass is 10.2. The lowest BCUT2D eigenvalue weighted by Gasteiger charge is -2.17. The molecule has 8 heteroatoms. The molecule has 4 aromatic rings. The normalized spacial score (nSPS) is 10.8. The average Bonchev–Trinajstić information content (AvgIpc) is 3.22. The number of rotatable bonds is 7. The molecule has 0 bridgehead atoms. The van der Waals surface area contributed by atoms with Gasteiger partial charge >= 0.3 is 0 Å². The molecular weight excluding hydrogens is 447 g/mol. The van der Waals surface area contributed by atoms with Crippen LogP contribution >= 0.6 is 23.4 Å². The number of hydrogen-bond donors (Lipinski definition) is 0. The summed E-state index contributed by atoms with van der Waals surface area (Å²) in [6, 6.07) is 23.3. The Hall–Kier alpha value is -3.16. The van der Waals surface area contributed by atoms with Crippen LogP contribution in [0.25, 0.3) is 17.1 Å². The minimum atomic E-state index is -0.421. The number of thioether (sulfide) groups is 1. The van der Waals surface area contributed by atoms with Gasteiger partial charge in [0.05, 0.1) is 16.5 Å². The lowest BCUT2D eigenvalue weighted by Crippen LogP contribution is -2.27. The monoisotopic (exact) mass is 466 g/mol. The maximum absolute atomic E-state index is 14.7. The minimum absolute atomic E-state index is 0.0683. The van der Waals surface area contributed by atoms with Crippen molar-refractivity contribution in [1.29, 1.82) is 0 Å². The Morgan fingerprint density at radius 2 is 1.69 bits per heavy atom. The van der Waals surface area contributed by atoms with Gasteiger partial charge in [0.1, 0.15) is 5.82 Å². The van der Waals surface area contributed by atoms with Crippen molar-refractivity contribution in [3.8, 4) is 17.1 Å². The fourth-order valence-electron chi connectivity index (χ4n) is 3.21. The van der Waals surface area contributed by atoms with Crippen LogP contribution in [0.1, 0.15) is 5.56 Å². The maximum atomic E-state index is 14.7. The number of benzene rings is 3. The zero-order valence-electron chi connectivity index (χ0n) is 17.3. The number of nitrogens with zero attached hydrogens (tertiary/aromatic N) is 4. The Bertz CT molecular complexity index is 1230. The van der Waals surface area contributed by atoms with E-state index in [2.05, 4.69) is 10.2 Å². The summed E-state index contributed by atoms with van der Waals surface area (Å²) in [4.78, 5) is 14.4. The van der Waals surface area contributed by atoms with Gasteiger partial charge in [0, 0.05) is 19.2 Å². The van der Waals surface area contributed by atoms with E-state index in [4.69, 9.17) is 11.6 Å². The molecule has 0 unspecified atom stereocenters. The molecule has 0 radical (unpaired) electrons. The van der Waals surface area contributed by atoms with Crippen molar-refractivity contribution in [2.45, 2.75) is 11.7 Å². The molecule has 0 spiro atoms. The highest BCUT2D eigenvalue weighted by Gasteiger charge is 2.21. The van der Waals surface area contributed by atoms with Crippen molar-refractivity contribution in [2.75, 3.05) is 12.8 Å². The molecule has 32 heavy (non-hydrogen) atoms. The molecule has 0 fully saturated rings. The van der Waals surface area contributed by atoms with Gasteiger partial charge in [-0.2, -0.15) is 0 Å². The number of amides is 1. The average molecular weight is 467 g/mol. The van der Waals surface area contributed by atoms with Crippen LogP contribution in [0.3, 0.4) is 0 Å². The highest BCUT2D eigenvalue weighted by atomic mass is 35.5. The summed E-state index contributed by atoms with van der Waals surface area (Å²) in [5.41, 5.74) is 1.97. The summed E-state index contributed by atoms with van der Waals surface area (Å²) < 4.78 is 16.3. The molecular formula is C24H20ClFN4OS. The van der Waals surface area contributed by atoms with Crippen molar-refractivity contribution in [1.82, 2.24) is 19.7 Å². The number of halogens is 2. The molecule has 5 nitrogen and oxygen atoms in total. The molecule has 4 rings (SSSR count). The second-order valence-corrected chi connectivity index (χ2v) is 8.45. The van der Waals surface area contributed by atoms with E-state index in [-0.39, 0.29) is 11.7 Å². The molecule has 3 aromatic carbocycles. The van der Waals surface area contributed by atoms with Gasteiger partial charge in [-0.25, -0.2) is 4.39 Å². The second kappa shape index (κ2) is 9.97. The van der Waals surface area contributed by atoms with Gasteiger partial charge in [-0.15, -0.1) is 10.2 Å². The molecule has 1 heterocycles. The zero-order chi connectivity index (χ0) is 22.5. The first kappa shape index (κ1) is 22.0. The third-order valence-corrected chi connectivity index (χ3v) is 6.10. The van der Waals surface area contributed by atoms with E-state index < -0.39 is 5.82 Å². The van der Waals surface area contributed by atoms with Crippen molar-refractivity contribution in [3.63, 3.8) is 0 Å². The molecule has 0 atom stereocenters. The predicted molar refractivity (Wildman–Crippen MR) is 125 cm³/mol. The van der Waals surface area contributed by atoms with Gasteiger partial charge in [-0.1, -0.05) is 78.0 Å². The van der Waals surface area contributed by atoms with E-state index in [0.29, 0.717) is 33.8 Å². The van der Waals surface area contributed by atoms with E-state index in [1.54, 1.807) is 46.8 Å². The van der Waals surface area contributed by atoms with E-state index in [0.717, 1.165) is 5.56 Å². The number of carbonyl (C=O) groups is 1. The van der Waals surface area contributed by atoms with Crippen LogP contribution in [0.2, 0.25) is 5.02 Å². The Balaban J connectivity index is 1.61. The first-order chi connectivity index (χ1) is 15.5. The highest BCUT2D eigenvalue weighted by molar-refractivity contribution is 7.99. The van der Waals surface area contributed by atoms with Gasteiger partial charge in [0.15, 0.2) is 11.0 Å². The maximum Gasteiger partial charge on any atom is 0.233 e. The van der Waals surface area contributed by atoms with Gasteiger partial charge in [0.25, 0.3) is 0 Å². The molecule has 0 saturated carbocycles. The summed E-state index contributed by atoms with van der Waals surface area (Å²) in [6.45, 7) is 0.505. The molecule has 0 N–H and O–H groups in total. The largest absolute Gasteiger partial charge is 0.341 e. The summed E-state index contributed by atoms with van der Waals surface area (Å²) in [6.07, 6.45) is 0. The molecule has 1 aromatic heterocycles. The molecule has 162 valence electrons. The van der Waals surface area contributed by atoms with Crippen molar-refractivity contribution in [3.05, 3.63) is 95.3 Å². The SMILES string of the molecule is CN(Cc1ccccc1)C(=O)CSc1nnc(-c2ccccc2Cl)n1-c1ccccc1F. The standard InChI is InChI=1S/C24H20ClFN4OS/c1-29(15-17-9-3-2-4-10-17)22(31)16-32-24-28-27-23(18-11-5-6-12-19(18)25)30(24)21-14-8-7-13-20(21)26/h2-14H,15-16H2,1H3. The molecule has 0 aliphatic heterocycles. The Morgan fingerprint density at radius 3 is 2.44 bits per heavy atom. The highest BCUT2D eigenvalue weighted by Crippen LogP contribution is 2.32. The lowest BCUT2D eigenvalue weighted by molar-refractivity contribution is -0.127. The van der Waals surface area contributed by atoms with Crippen LogP contribution in [0.4, 0.5) is 4.39 Å². The molecule has 0 aliphatic rings. The molecule has 0 saturated heterocycles. The van der Waals surface area contributed by atoms with E-state index in [1.165, 1.54) is 17.8 Å². The second-order valence-electron chi connectivity index (χ2n) is 7.10. The van der Waals surface area contributed by atoms with E-state index >= 15 is 0 Å². The van der Waals surface area contributed by atoms with Crippen LogP contribution in [0, 0.1) is 5.82 Å². The summed E-state index contributed by atoms with van der Waals surface area (Å²) in [7, 11) is 1.76. The van der Waals surface area contributed by atoms with Crippen molar-refractivity contribution in [2.24, 2.45) is 0 Å². The minimum Gasteiger partial charge on any atom is -0.341 e. The van der Waals surface area contributed by atoms with E-state index in [1.807, 2.05) is 42.5 Å². The van der Waals surface area contributed by atoms with Gasteiger partial charge in [-0.3, -0.25) is 9.36 Å². The van der Waals surface area contributed by atoms with Gasteiger partial charge < -0.3 is 4.90 Å². The first-order valence-electron chi connectivity index (χ1n) is 9.90. The molecule has 1 amide bonds. The Kier molecular flexibility index (Phi) is 6.87. The van der Waals surface area contributed by atoms with Gasteiger partial charge in [-0.05, 0) is 29.8 Å². The third-order valence-electron chi connectivity index (χ3n) is 4.85. The Labute approximate surface area is 194 Å². The summed E-state index contributed by atoms with van der Waals surface area (Å²) >= 11 is 7.58. The number of aromatic nitrogens is 3. The first-order valence-corrected chi connectivity index (χ1v) is 11.3. The number of hydrogen-bond acceptors (Lipinski definition) is 4. The van der Waals surface area contributed by atoms with Crippen LogP contribution < -0.4 is 0 Å². The van der Waals surface area contributed by atoms with Crippen molar-refractivity contribution < 1.29 is 9.18 Å². The summed E-state index contributed by atoms with van der Waals surface area (Å²) in [5, 5.41) is 9.41. The summed E-state index contributed by atoms with van der Waals surface area (Å²) in [5.74, 6) is 0.0582.